The average Bonchev–Trinajstić information content (AvgIpc) is 2.37. The predicted octanol–water partition coefficient (Wildman–Crippen LogP) is 1.77. The summed E-state index contributed by atoms with van der Waals surface area (Å²) in [6, 6.07) is 1.35. The third-order valence-electron chi connectivity index (χ3n) is 2.40. The summed E-state index contributed by atoms with van der Waals surface area (Å²) in [5.74, 6) is -0.646. The van der Waals surface area contributed by atoms with E-state index in [0.29, 0.717) is 6.54 Å². The van der Waals surface area contributed by atoms with Gasteiger partial charge < -0.3 is 10.2 Å². The second-order valence-electron chi connectivity index (χ2n) is 4.41. The summed E-state index contributed by atoms with van der Waals surface area (Å²) in [6.07, 6.45) is 0. The Morgan fingerprint density at radius 2 is 2.00 bits per heavy atom. The fraction of sp³-hybridized carbons (Fsp3) is 0.500. The van der Waals surface area contributed by atoms with Gasteiger partial charge in [-0.1, -0.05) is 23.2 Å². The number of rotatable bonds is 5. The Kier molecular flexibility index (Phi) is 6.16. The van der Waals surface area contributed by atoms with Gasteiger partial charge >= 0.3 is 0 Å². The number of halogens is 2. The number of aromatic nitrogens is 2. The van der Waals surface area contributed by atoms with E-state index in [9.17, 15) is 9.59 Å². The van der Waals surface area contributed by atoms with E-state index in [4.69, 9.17) is 23.2 Å². The topological polar surface area (TPSA) is 75.2 Å². The van der Waals surface area contributed by atoms with Gasteiger partial charge in [0.25, 0.3) is 5.91 Å². The van der Waals surface area contributed by atoms with Crippen molar-refractivity contribution in [3.63, 3.8) is 0 Å². The van der Waals surface area contributed by atoms with E-state index >= 15 is 0 Å². The highest BCUT2D eigenvalue weighted by Gasteiger charge is 2.21. The molecule has 0 saturated carbocycles. The molecule has 0 saturated heterocycles. The zero-order valence-electron chi connectivity index (χ0n) is 11.5. The SMILES string of the molecule is CCN(CC(=O)NC(C)C)C(=O)c1cc(Cl)nnc1Cl. The van der Waals surface area contributed by atoms with Gasteiger partial charge in [0.1, 0.15) is 0 Å². The molecular weight excluding hydrogens is 303 g/mol. The minimum atomic E-state index is -0.409. The molecule has 0 bridgehead atoms. The minimum absolute atomic E-state index is 0.0110. The monoisotopic (exact) mass is 318 g/mol. The maximum absolute atomic E-state index is 12.3. The summed E-state index contributed by atoms with van der Waals surface area (Å²) in [5, 5.41) is 9.87. The second kappa shape index (κ2) is 7.40. The molecule has 8 heteroatoms. The fourth-order valence-electron chi connectivity index (χ4n) is 1.54. The van der Waals surface area contributed by atoms with Gasteiger partial charge in [-0.25, -0.2) is 0 Å². The highest BCUT2D eigenvalue weighted by molar-refractivity contribution is 6.34. The van der Waals surface area contributed by atoms with Crippen LogP contribution in [0.4, 0.5) is 0 Å². The maximum atomic E-state index is 12.3. The average molecular weight is 319 g/mol. The van der Waals surface area contributed by atoms with Crippen molar-refractivity contribution in [3.05, 3.63) is 21.9 Å². The van der Waals surface area contributed by atoms with Gasteiger partial charge in [0.2, 0.25) is 5.91 Å². The maximum Gasteiger partial charge on any atom is 0.257 e. The lowest BCUT2D eigenvalue weighted by Crippen LogP contribution is -2.42. The molecule has 0 aliphatic heterocycles. The van der Waals surface area contributed by atoms with E-state index in [1.165, 1.54) is 11.0 Å². The van der Waals surface area contributed by atoms with Crippen molar-refractivity contribution >= 4 is 35.0 Å². The van der Waals surface area contributed by atoms with Gasteiger partial charge in [-0.05, 0) is 26.8 Å². The number of nitrogens with zero attached hydrogens (tertiary/aromatic N) is 3. The first-order chi connectivity index (χ1) is 9.35. The van der Waals surface area contributed by atoms with E-state index in [0.717, 1.165) is 0 Å². The van der Waals surface area contributed by atoms with Crippen molar-refractivity contribution in [2.24, 2.45) is 0 Å². The highest BCUT2D eigenvalue weighted by Crippen LogP contribution is 2.17. The van der Waals surface area contributed by atoms with Crippen molar-refractivity contribution in [2.45, 2.75) is 26.8 Å². The number of likely N-dealkylation sites (N-methyl/N-ethyl adjacent to an activating group) is 1. The molecule has 0 unspecified atom stereocenters. The molecule has 1 rings (SSSR count). The van der Waals surface area contributed by atoms with Crippen LogP contribution < -0.4 is 5.32 Å². The van der Waals surface area contributed by atoms with Gasteiger partial charge in [-0.15, -0.1) is 10.2 Å². The summed E-state index contributed by atoms with van der Waals surface area (Å²) >= 11 is 11.5. The van der Waals surface area contributed by atoms with Gasteiger partial charge in [-0.2, -0.15) is 0 Å². The lowest BCUT2D eigenvalue weighted by atomic mass is 10.2. The molecule has 6 nitrogen and oxygen atoms in total. The van der Waals surface area contributed by atoms with Crippen LogP contribution in [0.5, 0.6) is 0 Å². The molecule has 1 aromatic heterocycles. The van der Waals surface area contributed by atoms with Crippen molar-refractivity contribution in [3.8, 4) is 0 Å². The van der Waals surface area contributed by atoms with Gasteiger partial charge in [0.15, 0.2) is 10.3 Å². The molecule has 0 aliphatic carbocycles. The van der Waals surface area contributed by atoms with Gasteiger partial charge in [0, 0.05) is 12.6 Å². The van der Waals surface area contributed by atoms with Gasteiger partial charge in [0.05, 0.1) is 12.1 Å². The zero-order chi connectivity index (χ0) is 15.3. The number of hydrogen-bond donors (Lipinski definition) is 1. The number of carbonyl (C=O) groups excluding carboxylic acids is 2. The first-order valence-corrected chi connectivity index (χ1v) is 6.88. The molecule has 1 aromatic rings. The fourth-order valence-corrected chi connectivity index (χ4v) is 1.86. The van der Waals surface area contributed by atoms with Crippen molar-refractivity contribution < 1.29 is 9.59 Å². The normalized spacial score (nSPS) is 10.5. The first-order valence-electron chi connectivity index (χ1n) is 6.12. The molecule has 20 heavy (non-hydrogen) atoms. The van der Waals surface area contributed by atoms with Crippen molar-refractivity contribution in [1.82, 2.24) is 20.4 Å². The zero-order valence-corrected chi connectivity index (χ0v) is 13.0. The summed E-state index contributed by atoms with van der Waals surface area (Å²) in [5.41, 5.74) is 0.130. The Labute approximate surface area is 127 Å². The molecule has 1 heterocycles. The molecule has 1 N–H and O–H groups in total. The van der Waals surface area contributed by atoms with E-state index in [1.807, 2.05) is 13.8 Å². The molecule has 0 atom stereocenters. The number of amides is 2. The Morgan fingerprint density at radius 3 is 2.55 bits per heavy atom. The van der Waals surface area contributed by atoms with E-state index in [1.54, 1.807) is 6.92 Å². The lowest BCUT2D eigenvalue weighted by Gasteiger charge is -2.21. The number of hydrogen-bond acceptors (Lipinski definition) is 4. The second-order valence-corrected chi connectivity index (χ2v) is 5.16. The largest absolute Gasteiger partial charge is 0.352 e. The minimum Gasteiger partial charge on any atom is -0.352 e. The highest BCUT2D eigenvalue weighted by atomic mass is 35.5. The van der Waals surface area contributed by atoms with Crippen LogP contribution in [0.2, 0.25) is 10.3 Å². The molecule has 0 radical (unpaired) electrons. The first kappa shape index (κ1) is 16.7. The van der Waals surface area contributed by atoms with E-state index < -0.39 is 5.91 Å². The molecule has 110 valence electrons. The molecular formula is C12H16Cl2N4O2. The van der Waals surface area contributed by atoms with Crippen LogP contribution in [-0.4, -0.2) is 46.0 Å². The smallest absolute Gasteiger partial charge is 0.257 e. The molecule has 0 fully saturated rings. The third-order valence-corrected chi connectivity index (χ3v) is 2.87. The van der Waals surface area contributed by atoms with Crippen LogP contribution in [-0.2, 0) is 4.79 Å². The Hall–Kier alpha value is -1.40. The van der Waals surface area contributed by atoms with Crippen LogP contribution in [0.25, 0.3) is 0 Å². The van der Waals surface area contributed by atoms with Crippen LogP contribution in [0.3, 0.4) is 0 Å². The Morgan fingerprint density at radius 1 is 1.35 bits per heavy atom. The lowest BCUT2D eigenvalue weighted by molar-refractivity contribution is -0.122. The predicted molar refractivity (Wildman–Crippen MR) is 76.9 cm³/mol. The van der Waals surface area contributed by atoms with E-state index in [2.05, 4.69) is 15.5 Å². The molecule has 2 amide bonds. The summed E-state index contributed by atoms with van der Waals surface area (Å²) in [4.78, 5) is 25.4. The van der Waals surface area contributed by atoms with Gasteiger partial charge in [-0.3, -0.25) is 9.59 Å². The molecule has 0 spiro atoms. The molecule has 0 aromatic carbocycles. The quantitative estimate of drug-likeness (QED) is 0.897. The van der Waals surface area contributed by atoms with Crippen LogP contribution in [0, 0.1) is 0 Å². The standard InChI is InChI=1S/C12H16Cl2N4O2/c1-4-18(6-10(19)15-7(2)3)12(20)8-5-9(13)16-17-11(8)14/h5,7H,4,6H2,1-3H3,(H,15,19). The third kappa shape index (κ3) is 4.61. The van der Waals surface area contributed by atoms with Crippen LogP contribution in [0.15, 0.2) is 6.07 Å². The summed E-state index contributed by atoms with van der Waals surface area (Å²) in [6.45, 7) is 5.77. The summed E-state index contributed by atoms with van der Waals surface area (Å²) < 4.78 is 0. The van der Waals surface area contributed by atoms with E-state index in [-0.39, 0.29) is 34.4 Å². The molecule has 0 aliphatic rings. The van der Waals surface area contributed by atoms with Crippen molar-refractivity contribution in [2.75, 3.05) is 13.1 Å². The Balaban J connectivity index is 2.86. The summed E-state index contributed by atoms with van der Waals surface area (Å²) in [7, 11) is 0. The van der Waals surface area contributed by atoms with Crippen LogP contribution in [0.1, 0.15) is 31.1 Å². The van der Waals surface area contributed by atoms with Crippen molar-refractivity contribution in [1.29, 1.82) is 0 Å². The van der Waals surface area contributed by atoms with Crippen LogP contribution >= 0.6 is 23.2 Å². The number of carbonyl (C=O) groups is 2. The Bertz CT molecular complexity index is 508. The number of nitrogens with one attached hydrogen (secondary N) is 1.